The number of carbonyl (C=O) groups excluding carboxylic acids is 3. The second-order valence-electron chi connectivity index (χ2n) is 6.72. The molecule has 6 nitrogen and oxygen atoms in total. The number of hydrogen-bond acceptors (Lipinski definition) is 4. The molecule has 0 fully saturated rings. The summed E-state index contributed by atoms with van der Waals surface area (Å²) in [6, 6.07) is 15.5. The van der Waals surface area contributed by atoms with Gasteiger partial charge in [0.1, 0.15) is 12.1 Å². The lowest BCUT2D eigenvalue weighted by molar-refractivity contribution is -0.145. The van der Waals surface area contributed by atoms with Gasteiger partial charge in [0, 0.05) is 19.8 Å². The molecule has 0 unspecified atom stereocenters. The lowest BCUT2D eigenvalue weighted by atomic mass is 10.0. The van der Waals surface area contributed by atoms with Crippen LogP contribution in [0.15, 0.2) is 54.6 Å². The SMILES string of the molecule is COC(=O)[C@@H](Cc1cccc(C)c1)NC(=O)[C@@H](Cc1ccccc1)NC(C)=O. The van der Waals surface area contributed by atoms with Crippen molar-refractivity contribution in [3.8, 4) is 0 Å². The van der Waals surface area contributed by atoms with Gasteiger partial charge in [-0.2, -0.15) is 0 Å². The van der Waals surface area contributed by atoms with Crippen molar-refractivity contribution in [3.63, 3.8) is 0 Å². The Kier molecular flexibility index (Phi) is 7.75. The highest BCUT2D eigenvalue weighted by molar-refractivity contribution is 5.90. The summed E-state index contributed by atoms with van der Waals surface area (Å²) in [4.78, 5) is 36.6. The van der Waals surface area contributed by atoms with Gasteiger partial charge in [0.05, 0.1) is 7.11 Å². The number of methoxy groups -OCH3 is 1. The van der Waals surface area contributed by atoms with Gasteiger partial charge in [-0.1, -0.05) is 60.2 Å². The fraction of sp³-hybridized carbons (Fsp3) is 0.318. The van der Waals surface area contributed by atoms with Gasteiger partial charge in [-0.25, -0.2) is 4.79 Å². The van der Waals surface area contributed by atoms with E-state index in [9.17, 15) is 14.4 Å². The van der Waals surface area contributed by atoms with E-state index in [2.05, 4.69) is 10.6 Å². The smallest absolute Gasteiger partial charge is 0.328 e. The first kappa shape index (κ1) is 21.2. The van der Waals surface area contributed by atoms with E-state index in [1.54, 1.807) is 0 Å². The number of nitrogens with one attached hydrogen (secondary N) is 2. The minimum absolute atomic E-state index is 0.304. The van der Waals surface area contributed by atoms with Gasteiger partial charge in [0.25, 0.3) is 0 Å². The highest BCUT2D eigenvalue weighted by Gasteiger charge is 2.27. The number of hydrogen-bond donors (Lipinski definition) is 2. The highest BCUT2D eigenvalue weighted by atomic mass is 16.5. The number of ether oxygens (including phenoxy) is 1. The molecule has 0 radical (unpaired) electrons. The maximum atomic E-state index is 12.8. The van der Waals surface area contributed by atoms with E-state index < -0.39 is 24.0 Å². The average Bonchev–Trinajstić information content (AvgIpc) is 2.66. The molecule has 0 aliphatic rings. The second kappa shape index (κ2) is 10.3. The van der Waals surface area contributed by atoms with Crippen molar-refractivity contribution in [2.45, 2.75) is 38.8 Å². The zero-order valence-corrected chi connectivity index (χ0v) is 16.4. The van der Waals surface area contributed by atoms with Crippen LogP contribution < -0.4 is 10.6 Å². The first-order valence-corrected chi connectivity index (χ1v) is 9.14. The lowest BCUT2D eigenvalue weighted by Gasteiger charge is -2.22. The number of aryl methyl sites for hydroxylation is 1. The van der Waals surface area contributed by atoms with Crippen LogP contribution in [0.3, 0.4) is 0 Å². The number of carbonyl (C=O) groups is 3. The Morgan fingerprint density at radius 1 is 0.893 bits per heavy atom. The Morgan fingerprint density at radius 3 is 2.14 bits per heavy atom. The average molecular weight is 382 g/mol. The van der Waals surface area contributed by atoms with Crippen molar-refractivity contribution in [1.82, 2.24) is 10.6 Å². The Labute approximate surface area is 165 Å². The molecule has 0 spiro atoms. The van der Waals surface area contributed by atoms with Crippen LogP contribution in [-0.2, 0) is 32.0 Å². The molecule has 0 aliphatic heterocycles. The minimum atomic E-state index is -0.841. The molecule has 0 saturated heterocycles. The van der Waals surface area contributed by atoms with E-state index in [0.29, 0.717) is 12.8 Å². The van der Waals surface area contributed by atoms with Gasteiger partial charge in [-0.15, -0.1) is 0 Å². The first-order valence-electron chi connectivity index (χ1n) is 9.14. The molecule has 0 bridgehead atoms. The largest absolute Gasteiger partial charge is 0.467 e. The Balaban J connectivity index is 2.15. The fourth-order valence-corrected chi connectivity index (χ4v) is 2.99. The van der Waals surface area contributed by atoms with E-state index >= 15 is 0 Å². The van der Waals surface area contributed by atoms with Crippen molar-refractivity contribution >= 4 is 17.8 Å². The third-order valence-electron chi connectivity index (χ3n) is 4.30. The van der Waals surface area contributed by atoms with E-state index in [1.165, 1.54) is 14.0 Å². The molecule has 0 saturated carbocycles. The molecule has 2 N–H and O–H groups in total. The number of rotatable bonds is 8. The topological polar surface area (TPSA) is 84.5 Å². The quantitative estimate of drug-likeness (QED) is 0.684. The van der Waals surface area contributed by atoms with Crippen LogP contribution in [0.5, 0.6) is 0 Å². The third-order valence-corrected chi connectivity index (χ3v) is 4.30. The summed E-state index contributed by atoms with van der Waals surface area (Å²) in [5.41, 5.74) is 2.88. The summed E-state index contributed by atoms with van der Waals surface area (Å²) in [7, 11) is 1.28. The van der Waals surface area contributed by atoms with E-state index in [1.807, 2.05) is 61.5 Å². The van der Waals surface area contributed by atoms with E-state index in [4.69, 9.17) is 4.74 Å². The normalized spacial score (nSPS) is 12.5. The van der Waals surface area contributed by atoms with Crippen molar-refractivity contribution in [3.05, 3.63) is 71.3 Å². The van der Waals surface area contributed by atoms with Crippen molar-refractivity contribution in [2.24, 2.45) is 0 Å². The molecular formula is C22H26N2O4. The Bertz CT molecular complexity index is 820. The maximum absolute atomic E-state index is 12.8. The summed E-state index contributed by atoms with van der Waals surface area (Å²) in [6.07, 6.45) is 0.628. The van der Waals surface area contributed by atoms with Crippen molar-refractivity contribution in [2.75, 3.05) is 7.11 Å². The molecule has 2 aromatic rings. The van der Waals surface area contributed by atoms with Crippen molar-refractivity contribution < 1.29 is 19.1 Å². The van der Waals surface area contributed by atoms with E-state index in [-0.39, 0.29) is 5.91 Å². The molecule has 148 valence electrons. The molecule has 28 heavy (non-hydrogen) atoms. The number of benzene rings is 2. The predicted octanol–water partition coefficient (Wildman–Crippen LogP) is 1.94. The van der Waals surface area contributed by atoms with Crippen LogP contribution in [0.4, 0.5) is 0 Å². The van der Waals surface area contributed by atoms with Gasteiger partial charge in [-0.05, 0) is 18.1 Å². The van der Waals surface area contributed by atoms with E-state index in [0.717, 1.165) is 16.7 Å². The summed E-state index contributed by atoms with van der Waals surface area (Å²) in [6.45, 7) is 3.32. The fourth-order valence-electron chi connectivity index (χ4n) is 2.99. The maximum Gasteiger partial charge on any atom is 0.328 e. The molecule has 0 aromatic heterocycles. The summed E-state index contributed by atoms with van der Waals surface area (Å²) < 4.78 is 4.85. The lowest BCUT2D eigenvalue weighted by Crippen LogP contribution is -2.53. The van der Waals surface area contributed by atoms with Gasteiger partial charge >= 0.3 is 5.97 Å². The first-order chi connectivity index (χ1) is 13.4. The zero-order valence-electron chi connectivity index (χ0n) is 16.4. The Hall–Kier alpha value is -3.15. The molecule has 2 atom stereocenters. The monoisotopic (exact) mass is 382 g/mol. The highest BCUT2D eigenvalue weighted by Crippen LogP contribution is 2.09. The minimum Gasteiger partial charge on any atom is -0.467 e. The molecule has 2 amide bonds. The molecule has 0 aliphatic carbocycles. The standard InChI is InChI=1S/C22H26N2O4/c1-15-8-7-11-18(12-15)14-20(22(27)28-3)24-21(26)19(23-16(2)25)13-17-9-5-4-6-10-17/h4-12,19-20H,13-14H2,1-3H3,(H,23,25)(H,24,26)/t19-,20-/m1/s1. The van der Waals surface area contributed by atoms with Crippen LogP contribution >= 0.6 is 0 Å². The second-order valence-corrected chi connectivity index (χ2v) is 6.72. The number of esters is 1. The zero-order chi connectivity index (χ0) is 20.5. The van der Waals surface area contributed by atoms with Gasteiger partial charge < -0.3 is 15.4 Å². The van der Waals surface area contributed by atoms with Crippen LogP contribution in [0.1, 0.15) is 23.6 Å². The van der Waals surface area contributed by atoms with Crippen LogP contribution in [0.2, 0.25) is 0 Å². The molecule has 2 aromatic carbocycles. The van der Waals surface area contributed by atoms with Gasteiger partial charge in [0.2, 0.25) is 11.8 Å². The molecule has 0 heterocycles. The van der Waals surface area contributed by atoms with Crippen LogP contribution in [0.25, 0.3) is 0 Å². The number of amides is 2. The third kappa shape index (κ3) is 6.54. The van der Waals surface area contributed by atoms with Crippen molar-refractivity contribution in [1.29, 1.82) is 0 Å². The molecule has 2 rings (SSSR count). The van der Waals surface area contributed by atoms with Gasteiger partial charge in [-0.3, -0.25) is 9.59 Å². The predicted molar refractivity (Wildman–Crippen MR) is 107 cm³/mol. The molecular weight excluding hydrogens is 356 g/mol. The summed E-state index contributed by atoms with van der Waals surface area (Å²) in [5, 5.41) is 5.39. The van der Waals surface area contributed by atoms with Crippen LogP contribution in [-0.4, -0.2) is 37.0 Å². The summed E-state index contributed by atoms with van der Waals surface area (Å²) in [5.74, 6) is -1.28. The van der Waals surface area contributed by atoms with Crippen LogP contribution in [0, 0.1) is 6.92 Å². The van der Waals surface area contributed by atoms with Gasteiger partial charge in [0.15, 0.2) is 0 Å². The Morgan fingerprint density at radius 2 is 1.54 bits per heavy atom. The summed E-state index contributed by atoms with van der Waals surface area (Å²) >= 11 is 0. The molecule has 6 heteroatoms.